The van der Waals surface area contributed by atoms with Gasteiger partial charge >= 0.3 is 5.97 Å². The predicted octanol–water partition coefficient (Wildman–Crippen LogP) is 2.73. The summed E-state index contributed by atoms with van der Waals surface area (Å²) in [5.41, 5.74) is 3.54. The first kappa shape index (κ1) is 13.8. The smallest absolute Gasteiger partial charge is 0.333 e. The predicted molar refractivity (Wildman–Crippen MR) is 75.9 cm³/mol. The maximum atomic E-state index is 11.3. The van der Waals surface area contributed by atoms with Crippen LogP contribution in [-0.4, -0.2) is 31.6 Å². The average Bonchev–Trinajstić information content (AvgIpc) is 2.87. The number of esters is 1. The molecule has 1 aliphatic carbocycles. The Bertz CT molecular complexity index is 493. The van der Waals surface area contributed by atoms with E-state index in [0.717, 1.165) is 19.4 Å². The number of carbonyl (C=O) groups excluding carboxylic acids is 1. The van der Waals surface area contributed by atoms with Crippen LogP contribution in [0, 0.1) is 0 Å². The van der Waals surface area contributed by atoms with Crippen LogP contribution in [0.4, 0.5) is 0 Å². The highest BCUT2D eigenvalue weighted by molar-refractivity contribution is 5.87. The van der Waals surface area contributed by atoms with Crippen LogP contribution < -0.4 is 0 Å². The monoisotopic (exact) mass is 259 g/mol. The molecule has 0 aliphatic heterocycles. The molecule has 1 aromatic carbocycles. The molecule has 102 valence electrons. The van der Waals surface area contributed by atoms with E-state index in [-0.39, 0.29) is 5.97 Å². The summed E-state index contributed by atoms with van der Waals surface area (Å²) in [5.74, 6) is -0.250. The number of methoxy groups -OCH3 is 1. The molecule has 0 amide bonds. The van der Waals surface area contributed by atoms with Gasteiger partial charge in [-0.05, 0) is 37.9 Å². The van der Waals surface area contributed by atoms with Gasteiger partial charge in [0.1, 0.15) is 0 Å². The summed E-state index contributed by atoms with van der Waals surface area (Å²) in [6.07, 6.45) is 4.23. The van der Waals surface area contributed by atoms with Gasteiger partial charge in [-0.1, -0.05) is 30.3 Å². The fourth-order valence-electron chi connectivity index (χ4n) is 2.64. The number of likely N-dealkylation sites (N-methyl/N-ethyl adjacent to an activating group) is 1. The molecule has 0 aromatic heterocycles. The molecule has 0 saturated heterocycles. The molecule has 1 aliphatic rings. The van der Waals surface area contributed by atoms with Gasteiger partial charge < -0.3 is 4.74 Å². The molecule has 0 unspecified atom stereocenters. The van der Waals surface area contributed by atoms with Crippen molar-refractivity contribution < 1.29 is 9.53 Å². The van der Waals surface area contributed by atoms with Crippen LogP contribution in [0.3, 0.4) is 0 Å². The molecular weight excluding hydrogens is 238 g/mol. The quantitative estimate of drug-likeness (QED) is 0.615. The molecule has 3 heteroatoms. The van der Waals surface area contributed by atoms with Crippen LogP contribution >= 0.6 is 0 Å². The highest BCUT2D eigenvalue weighted by Crippen LogP contribution is 2.34. The minimum Gasteiger partial charge on any atom is -0.466 e. The summed E-state index contributed by atoms with van der Waals surface area (Å²) >= 11 is 0. The second-order valence-corrected chi connectivity index (χ2v) is 5.07. The molecule has 0 spiro atoms. The van der Waals surface area contributed by atoms with Gasteiger partial charge in [-0.3, -0.25) is 4.90 Å². The number of hydrogen-bond acceptors (Lipinski definition) is 3. The lowest BCUT2D eigenvalue weighted by Crippen LogP contribution is -2.23. The largest absolute Gasteiger partial charge is 0.466 e. The lowest BCUT2D eigenvalue weighted by atomic mass is 10.1. The van der Waals surface area contributed by atoms with Gasteiger partial charge in [0.2, 0.25) is 0 Å². The number of fused-ring (bicyclic) bond motifs is 1. The van der Waals surface area contributed by atoms with Crippen molar-refractivity contribution in [3.8, 4) is 0 Å². The summed E-state index contributed by atoms with van der Waals surface area (Å²) in [5, 5.41) is 0. The zero-order chi connectivity index (χ0) is 13.8. The van der Waals surface area contributed by atoms with Gasteiger partial charge in [0.05, 0.1) is 7.11 Å². The fraction of sp³-hybridized carbons (Fsp3) is 0.438. The number of nitrogens with zero attached hydrogens (tertiary/aromatic N) is 1. The minimum absolute atomic E-state index is 0.250. The van der Waals surface area contributed by atoms with Crippen LogP contribution in [0.25, 0.3) is 0 Å². The Morgan fingerprint density at radius 1 is 1.47 bits per heavy atom. The molecular formula is C16H21NO2. The van der Waals surface area contributed by atoms with Crippen molar-refractivity contribution >= 4 is 5.97 Å². The summed E-state index contributed by atoms with van der Waals surface area (Å²) in [6.45, 7) is 2.56. The maximum Gasteiger partial charge on any atom is 0.333 e. The van der Waals surface area contributed by atoms with Gasteiger partial charge in [-0.2, -0.15) is 0 Å². The number of ether oxygens (including phenoxy) is 1. The normalized spacial score (nSPS) is 18.5. The molecule has 0 N–H and O–H groups in total. The average molecular weight is 259 g/mol. The van der Waals surface area contributed by atoms with Crippen LogP contribution in [0.1, 0.15) is 30.5 Å². The number of carbonyl (C=O) groups is 1. The third-order valence-electron chi connectivity index (χ3n) is 3.83. The van der Waals surface area contributed by atoms with E-state index < -0.39 is 0 Å². The molecule has 1 atom stereocenters. The molecule has 0 fully saturated rings. The zero-order valence-electron chi connectivity index (χ0n) is 11.8. The second kappa shape index (κ2) is 6.02. The van der Waals surface area contributed by atoms with E-state index >= 15 is 0 Å². The number of aryl methyl sites for hydroxylation is 1. The Morgan fingerprint density at radius 3 is 2.95 bits per heavy atom. The van der Waals surface area contributed by atoms with Crippen molar-refractivity contribution in [3.63, 3.8) is 0 Å². The van der Waals surface area contributed by atoms with E-state index in [4.69, 9.17) is 4.74 Å². The molecule has 0 saturated carbocycles. The number of benzene rings is 1. The highest BCUT2D eigenvalue weighted by atomic mass is 16.5. The van der Waals surface area contributed by atoms with Crippen LogP contribution in [0.5, 0.6) is 0 Å². The first-order valence-electron chi connectivity index (χ1n) is 6.66. The van der Waals surface area contributed by atoms with E-state index in [1.165, 1.54) is 18.2 Å². The minimum atomic E-state index is -0.250. The van der Waals surface area contributed by atoms with Gasteiger partial charge in [0.25, 0.3) is 0 Å². The topological polar surface area (TPSA) is 29.5 Å². The first-order valence-corrected chi connectivity index (χ1v) is 6.66. The van der Waals surface area contributed by atoms with Crippen LogP contribution in [0.15, 0.2) is 35.9 Å². The van der Waals surface area contributed by atoms with E-state index in [9.17, 15) is 4.79 Å². The summed E-state index contributed by atoms with van der Waals surface area (Å²) in [4.78, 5) is 13.6. The van der Waals surface area contributed by atoms with Crippen molar-refractivity contribution in [1.82, 2.24) is 4.90 Å². The van der Waals surface area contributed by atoms with Gasteiger partial charge in [0.15, 0.2) is 0 Å². The lowest BCUT2D eigenvalue weighted by Gasteiger charge is -2.24. The molecule has 0 radical (unpaired) electrons. The summed E-state index contributed by atoms with van der Waals surface area (Å²) in [7, 11) is 3.52. The Balaban J connectivity index is 2.02. The van der Waals surface area contributed by atoms with Crippen molar-refractivity contribution in [2.24, 2.45) is 0 Å². The Morgan fingerprint density at radius 2 is 2.21 bits per heavy atom. The van der Waals surface area contributed by atoms with E-state index in [0.29, 0.717) is 11.6 Å². The standard InChI is InChI=1S/C16H21NO2/c1-12(16(18)19-3)10-11-17(2)15-9-8-13-6-4-5-7-14(13)15/h4-7,10,15H,8-9,11H2,1-3H3/b12-10-/t15-/m1/s1. The fourth-order valence-corrected chi connectivity index (χ4v) is 2.64. The summed E-state index contributed by atoms with van der Waals surface area (Å²) in [6, 6.07) is 9.07. The molecule has 0 heterocycles. The number of hydrogen-bond donors (Lipinski definition) is 0. The maximum absolute atomic E-state index is 11.3. The first-order chi connectivity index (χ1) is 9.13. The van der Waals surface area contributed by atoms with Gasteiger partial charge in [-0.25, -0.2) is 4.79 Å². The molecule has 2 rings (SSSR count). The van der Waals surface area contributed by atoms with Gasteiger partial charge in [-0.15, -0.1) is 0 Å². The van der Waals surface area contributed by atoms with E-state index in [2.05, 4.69) is 36.2 Å². The van der Waals surface area contributed by atoms with Crippen molar-refractivity contribution in [2.75, 3.05) is 20.7 Å². The molecule has 3 nitrogen and oxygen atoms in total. The van der Waals surface area contributed by atoms with E-state index in [1.54, 1.807) is 6.92 Å². The Hall–Kier alpha value is -1.61. The molecule has 0 bridgehead atoms. The van der Waals surface area contributed by atoms with Crippen molar-refractivity contribution in [3.05, 3.63) is 47.0 Å². The number of rotatable bonds is 4. The highest BCUT2D eigenvalue weighted by Gasteiger charge is 2.24. The Labute approximate surface area is 114 Å². The van der Waals surface area contributed by atoms with Crippen LogP contribution in [-0.2, 0) is 16.0 Å². The molecule has 19 heavy (non-hydrogen) atoms. The van der Waals surface area contributed by atoms with E-state index in [1.807, 2.05) is 6.08 Å². The Kier molecular flexibility index (Phi) is 4.38. The third kappa shape index (κ3) is 3.04. The summed E-state index contributed by atoms with van der Waals surface area (Å²) < 4.78 is 4.70. The van der Waals surface area contributed by atoms with Crippen molar-refractivity contribution in [2.45, 2.75) is 25.8 Å². The molecule has 1 aromatic rings. The second-order valence-electron chi connectivity index (χ2n) is 5.07. The third-order valence-corrected chi connectivity index (χ3v) is 3.83. The van der Waals surface area contributed by atoms with Crippen molar-refractivity contribution in [1.29, 1.82) is 0 Å². The SMILES string of the molecule is COC(=O)/C(C)=C\CN(C)[C@@H]1CCc2ccccc21. The zero-order valence-corrected chi connectivity index (χ0v) is 11.8. The van der Waals surface area contributed by atoms with Gasteiger partial charge in [0, 0.05) is 18.2 Å². The lowest BCUT2D eigenvalue weighted by molar-refractivity contribution is -0.136. The van der Waals surface area contributed by atoms with Crippen LogP contribution in [0.2, 0.25) is 0 Å².